The van der Waals surface area contributed by atoms with Crippen LogP contribution in [-0.4, -0.2) is 74.6 Å². The number of piperazine rings is 1. The number of hydrogen-bond acceptors (Lipinski definition) is 4. The lowest BCUT2D eigenvalue weighted by Gasteiger charge is -2.37. The summed E-state index contributed by atoms with van der Waals surface area (Å²) in [6.45, 7) is 7.03. The average molecular weight is 330 g/mol. The number of nitrogens with one attached hydrogen (secondary N) is 1. The zero-order chi connectivity index (χ0) is 16.8. The van der Waals surface area contributed by atoms with Crippen molar-refractivity contribution in [1.29, 1.82) is 0 Å². The molecule has 24 heavy (non-hydrogen) atoms. The third-order valence-corrected chi connectivity index (χ3v) is 5.23. The Morgan fingerprint density at radius 3 is 2.58 bits per heavy atom. The molecule has 0 spiro atoms. The van der Waals surface area contributed by atoms with Crippen molar-refractivity contribution in [3.63, 3.8) is 0 Å². The molecule has 2 saturated heterocycles. The highest BCUT2D eigenvalue weighted by atomic mass is 16.2. The Labute approximate surface area is 145 Å². The summed E-state index contributed by atoms with van der Waals surface area (Å²) in [5.41, 5.74) is 1.31. The van der Waals surface area contributed by atoms with Gasteiger partial charge in [0.2, 0.25) is 5.91 Å². The first-order valence-electron chi connectivity index (χ1n) is 9.25. The van der Waals surface area contributed by atoms with E-state index in [2.05, 4.69) is 45.4 Å². The maximum Gasteiger partial charge on any atom is 0.239 e. The van der Waals surface area contributed by atoms with Gasteiger partial charge in [0, 0.05) is 52.0 Å². The van der Waals surface area contributed by atoms with Crippen LogP contribution in [0.3, 0.4) is 0 Å². The summed E-state index contributed by atoms with van der Waals surface area (Å²) in [6, 6.07) is 10.7. The van der Waals surface area contributed by atoms with E-state index in [1.165, 1.54) is 18.5 Å². The molecule has 0 aliphatic carbocycles. The Morgan fingerprint density at radius 2 is 1.92 bits per heavy atom. The maximum atomic E-state index is 12.4. The molecule has 1 N–H and O–H groups in total. The van der Waals surface area contributed by atoms with Gasteiger partial charge in [-0.15, -0.1) is 0 Å². The van der Waals surface area contributed by atoms with Crippen LogP contribution in [0.15, 0.2) is 30.3 Å². The summed E-state index contributed by atoms with van der Waals surface area (Å²) >= 11 is 0. The molecule has 3 rings (SSSR count). The van der Waals surface area contributed by atoms with Crippen molar-refractivity contribution in [2.45, 2.75) is 25.3 Å². The lowest BCUT2D eigenvalue weighted by Crippen LogP contribution is -2.51. The summed E-state index contributed by atoms with van der Waals surface area (Å²) in [7, 11) is 1.94. The minimum Gasteiger partial charge on any atom is -0.369 e. The summed E-state index contributed by atoms with van der Waals surface area (Å²) in [5.74, 6) is 0.262. The van der Waals surface area contributed by atoms with Crippen LogP contribution in [0, 0.1) is 0 Å². The molecular weight excluding hydrogens is 300 g/mol. The van der Waals surface area contributed by atoms with Crippen LogP contribution in [0.25, 0.3) is 0 Å². The van der Waals surface area contributed by atoms with Gasteiger partial charge in [0.1, 0.15) is 0 Å². The topological polar surface area (TPSA) is 38.8 Å². The Bertz CT molecular complexity index is 507. The molecule has 0 bridgehead atoms. The first-order valence-corrected chi connectivity index (χ1v) is 9.25. The average Bonchev–Trinajstić information content (AvgIpc) is 2.67. The molecule has 5 nitrogen and oxygen atoms in total. The van der Waals surface area contributed by atoms with Crippen molar-refractivity contribution in [2.75, 3.05) is 57.8 Å². The van der Waals surface area contributed by atoms with Crippen LogP contribution in [0.1, 0.15) is 19.3 Å². The highest BCUT2D eigenvalue weighted by Crippen LogP contribution is 2.15. The normalized spacial score (nSPS) is 22.4. The third kappa shape index (κ3) is 4.48. The zero-order valence-electron chi connectivity index (χ0n) is 14.8. The van der Waals surface area contributed by atoms with Gasteiger partial charge in [-0.25, -0.2) is 0 Å². The molecule has 5 heteroatoms. The van der Waals surface area contributed by atoms with E-state index in [0.29, 0.717) is 0 Å². The van der Waals surface area contributed by atoms with E-state index < -0.39 is 0 Å². The highest BCUT2D eigenvalue weighted by molar-refractivity contribution is 5.81. The molecule has 2 aliphatic heterocycles. The number of hydrogen-bond donors (Lipinski definition) is 1. The second-order valence-electron chi connectivity index (χ2n) is 6.93. The predicted molar refractivity (Wildman–Crippen MR) is 98.4 cm³/mol. The zero-order valence-corrected chi connectivity index (χ0v) is 14.8. The summed E-state index contributed by atoms with van der Waals surface area (Å²) in [4.78, 5) is 19.3. The van der Waals surface area contributed by atoms with Crippen molar-refractivity contribution in [3.8, 4) is 0 Å². The lowest BCUT2D eigenvalue weighted by molar-refractivity contribution is -0.132. The number of carbonyl (C=O) groups is 1. The molecule has 1 aromatic carbocycles. The van der Waals surface area contributed by atoms with E-state index in [0.717, 1.165) is 52.2 Å². The fourth-order valence-corrected chi connectivity index (χ4v) is 3.60. The van der Waals surface area contributed by atoms with Crippen LogP contribution in [0.4, 0.5) is 5.69 Å². The summed E-state index contributed by atoms with van der Waals surface area (Å²) < 4.78 is 0. The summed E-state index contributed by atoms with van der Waals surface area (Å²) in [5, 5.41) is 3.35. The first kappa shape index (κ1) is 17.2. The van der Waals surface area contributed by atoms with Crippen molar-refractivity contribution >= 4 is 11.6 Å². The van der Waals surface area contributed by atoms with E-state index in [9.17, 15) is 4.79 Å². The first-order chi connectivity index (χ1) is 11.7. The van der Waals surface area contributed by atoms with Gasteiger partial charge < -0.3 is 15.1 Å². The minimum absolute atomic E-state index is 0.0404. The number of amides is 1. The molecule has 1 atom stereocenters. The van der Waals surface area contributed by atoms with Crippen molar-refractivity contribution in [1.82, 2.24) is 15.1 Å². The predicted octanol–water partition coefficient (Wildman–Crippen LogP) is 1.41. The van der Waals surface area contributed by atoms with Crippen LogP contribution in [-0.2, 0) is 4.79 Å². The molecule has 132 valence electrons. The Kier molecular flexibility index (Phi) is 6.10. The van der Waals surface area contributed by atoms with E-state index in [4.69, 9.17) is 0 Å². The number of carbonyl (C=O) groups excluding carboxylic acids is 1. The van der Waals surface area contributed by atoms with Gasteiger partial charge in [0.15, 0.2) is 0 Å². The fraction of sp³-hybridized carbons (Fsp3) is 0.632. The Balaban J connectivity index is 1.39. The highest BCUT2D eigenvalue weighted by Gasteiger charge is 2.24. The van der Waals surface area contributed by atoms with Crippen LogP contribution >= 0.6 is 0 Å². The van der Waals surface area contributed by atoms with Gasteiger partial charge in [-0.1, -0.05) is 24.6 Å². The van der Waals surface area contributed by atoms with Gasteiger partial charge in [-0.2, -0.15) is 0 Å². The monoisotopic (exact) mass is 330 g/mol. The van der Waals surface area contributed by atoms with Crippen LogP contribution < -0.4 is 10.2 Å². The number of rotatable bonds is 5. The molecular formula is C19H30N4O. The molecule has 2 heterocycles. The molecule has 1 aromatic rings. The van der Waals surface area contributed by atoms with Crippen molar-refractivity contribution in [2.24, 2.45) is 0 Å². The van der Waals surface area contributed by atoms with E-state index >= 15 is 0 Å². The van der Waals surface area contributed by atoms with Crippen molar-refractivity contribution in [3.05, 3.63) is 30.3 Å². The number of anilines is 1. The minimum atomic E-state index is 0.0404. The molecule has 0 aromatic heterocycles. The number of para-hydroxylation sites is 1. The maximum absolute atomic E-state index is 12.4. The third-order valence-electron chi connectivity index (χ3n) is 5.23. The van der Waals surface area contributed by atoms with Crippen LogP contribution in [0.2, 0.25) is 0 Å². The van der Waals surface area contributed by atoms with Crippen molar-refractivity contribution < 1.29 is 4.79 Å². The fourth-order valence-electron chi connectivity index (χ4n) is 3.60. The second kappa shape index (κ2) is 8.49. The molecule has 2 aliphatic rings. The number of piperidine rings is 1. The standard InChI is InChI=1S/C19H30N4O/c1-21(19(24)18-9-5-6-10-20-18)11-12-22-13-15-23(16-14-22)17-7-3-2-4-8-17/h2-4,7-8,18,20H,5-6,9-16H2,1H3/t18-/m1/s1. The number of likely N-dealkylation sites (N-methyl/N-ethyl adjacent to an activating group) is 1. The van der Waals surface area contributed by atoms with Gasteiger partial charge in [-0.3, -0.25) is 9.69 Å². The van der Waals surface area contributed by atoms with E-state index in [1.54, 1.807) is 0 Å². The van der Waals surface area contributed by atoms with Gasteiger partial charge in [0.25, 0.3) is 0 Å². The van der Waals surface area contributed by atoms with Gasteiger partial charge in [0.05, 0.1) is 6.04 Å². The lowest BCUT2D eigenvalue weighted by atomic mass is 10.0. The quantitative estimate of drug-likeness (QED) is 0.886. The number of nitrogens with zero attached hydrogens (tertiary/aromatic N) is 3. The molecule has 2 fully saturated rings. The molecule has 0 unspecified atom stereocenters. The summed E-state index contributed by atoms with van der Waals surface area (Å²) in [6.07, 6.45) is 3.34. The SMILES string of the molecule is CN(CCN1CCN(c2ccccc2)CC1)C(=O)[C@H]1CCCCN1. The van der Waals surface area contributed by atoms with E-state index in [-0.39, 0.29) is 11.9 Å². The van der Waals surface area contributed by atoms with E-state index in [1.807, 2.05) is 11.9 Å². The molecule has 0 saturated carbocycles. The smallest absolute Gasteiger partial charge is 0.239 e. The molecule has 0 radical (unpaired) electrons. The second-order valence-corrected chi connectivity index (χ2v) is 6.93. The largest absolute Gasteiger partial charge is 0.369 e. The van der Waals surface area contributed by atoms with Gasteiger partial charge in [-0.05, 0) is 31.5 Å². The van der Waals surface area contributed by atoms with Crippen LogP contribution in [0.5, 0.6) is 0 Å². The number of benzene rings is 1. The Morgan fingerprint density at radius 1 is 1.17 bits per heavy atom. The molecule has 1 amide bonds. The Hall–Kier alpha value is -1.59. The van der Waals surface area contributed by atoms with Gasteiger partial charge >= 0.3 is 0 Å².